The number of thioether (sulfide) groups is 1. The molecule has 0 aliphatic heterocycles. The van der Waals surface area contributed by atoms with Crippen molar-refractivity contribution in [1.29, 1.82) is 0 Å². The lowest BCUT2D eigenvalue weighted by Gasteiger charge is -2.30. The third-order valence-electron chi connectivity index (χ3n) is 3.93. The van der Waals surface area contributed by atoms with Gasteiger partial charge in [-0.15, -0.1) is 11.8 Å². The first kappa shape index (κ1) is 20.3. The summed E-state index contributed by atoms with van der Waals surface area (Å²) in [5, 5.41) is 17.0. The van der Waals surface area contributed by atoms with Gasteiger partial charge in [0.05, 0.1) is 6.42 Å². The zero-order valence-corrected chi connectivity index (χ0v) is 14.4. The minimum Gasteiger partial charge on any atom is -0.481 e. The van der Waals surface area contributed by atoms with E-state index in [4.69, 9.17) is 10.2 Å². The molecule has 0 aromatic heterocycles. The summed E-state index contributed by atoms with van der Waals surface area (Å²) in [6, 6.07) is 0. The van der Waals surface area contributed by atoms with Crippen LogP contribution in [-0.4, -0.2) is 33.2 Å². The van der Waals surface area contributed by atoms with E-state index in [0.29, 0.717) is 5.75 Å². The molecule has 1 unspecified atom stereocenters. The Morgan fingerprint density at radius 2 is 1.57 bits per heavy atom. The number of carbonyl (C=O) groups is 2. The van der Waals surface area contributed by atoms with Gasteiger partial charge in [-0.1, -0.05) is 46.5 Å². The average Bonchev–Trinajstić information content (AvgIpc) is 2.41. The molecule has 0 spiro atoms. The molecule has 0 rings (SSSR count). The van der Waals surface area contributed by atoms with Crippen LogP contribution in [0.5, 0.6) is 0 Å². The molecule has 0 amide bonds. The van der Waals surface area contributed by atoms with Gasteiger partial charge in [-0.2, -0.15) is 0 Å². The van der Waals surface area contributed by atoms with Crippen molar-refractivity contribution in [3.05, 3.63) is 0 Å². The number of aliphatic carboxylic acids is 2. The molecule has 124 valence electrons. The molecule has 0 bridgehead atoms. The number of rotatable bonds is 13. The van der Waals surface area contributed by atoms with Crippen LogP contribution in [0.3, 0.4) is 0 Å². The van der Waals surface area contributed by atoms with E-state index >= 15 is 0 Å². The van der Waals surface area contributed by atoms with Crippen molar-refractivity contribution in [2.24, 2.45) is 5.41 Å². The van der Waals surface area contributed by atoms with E-state index < -0.39 is 17.2 Å². The Kier molecular flexibility index (Phi) is 10.6. The number of hydrogen-bond donors (Lipinski definition) is 2. The number of hydrogen-bond acceptors (Lipinski definition) is 3. The second kappa shape index (κ2) is 10.9. The van der Waals surface area contributed by atoms with Crippen LogP contribution in [0.2, 0.25) is 0 Å². The lowest BCUT2D eigenvalue weighted by Crippen LogP contribution is -2.23. The highest BCUT2D eigenvalue weighted by Crippen LogP contribution is 2.36. The van der Waals surface area contributed by atoms with Gasteiger partial charge in [-0.25, -0.2) is 0 Å². The molecule has 4 nitrogen and oxygen atoms in total. The second-order valence-corrected chi connectivity index (χ2v) is 7.37. The first-order valence-corrected chi connectivity index (χ1v) is 8.95. The minimum atomic E-state index is -1.05. The Labute approximate surface area is 132 Å². The average molecular weight is 318 g/mol. The summed E-state index contributed by atoms with van der Waals surface area (Å²) in [5.41, 5.74) is 0.255. The van der Waals surface area contributed by atoms with Crippen molar-refractivity contribution in [2.45, 2.75) is 77.4 Å². The summed E-state index contributed by atoms with van der Waals surface area (Å²) in [6.45, 7) is 6.65. The predicted octanol–water partition coefficient (Wildman–Crippen LogP) is 4.42. The van der Waals surface area contributed by atoms with Crippen LogP contribution in [0.25, 0.3) is 0 Å². The van der Waals surface area contributed by atoms with Gasteiger partial charge < -0.3 is 10.2 Å². The van der Waals surface area contributed by atoms with Crippen LogP contribution in [0.1, 0.15) is 72.1 Å². The van der Waals surface area contributed by atoms with Crippen molar-refractivity contribution >= 4 is 23.7 Å². The summed E-state index contributed by atoms with van der Waals surface area (Å²) in [6.07, 6.45) is 7.73. The summed E-state index contributed by atoms with van der Waals surface area (Å²) in [4.78, 5) is 21.7. The van der Waals surface area contributed by atoms with Gasteiger partial charge in [0.25, 0.3) is 0 Å². The Balaban J connectivity index is 4.37. The zero-order chi connectivity index (χ0) is 16.3. The molecule has 5 heteroatoms. The number of unbranched alkanes of at least 4 members (excludes halogenated alkanes) is 2. The zero-order valence-electron chi connectivity index (χ0n) is 13.6. The lowest BCUT2D eigenvalue weighted by molar-refractivity contribution is -0.142. The van der Waals surface area contributed by atoms with Gasteiger partial charge in [-0.3, -0.25) is 9.59 Å². The Morgan fingerprint density at radius 1 is 1.05 bits per heavy atom. The molecule has 0 aliphatic carbocycles. The fourth-order valence-corrected chi connectivity index (χ4v) is 3.70. The monoisotopic (exact) mass is 318 g/mol. The maximum absolute atomic E-state index is 11.1. The molecule has 0 radical (unpaired) electrons. The van der Waals surface area contributed by atoms with E-state index in [9.17, 15) is 9.59 Å². The first-order valence-electron chi connectivity index (χ1n) is 7.91. The molecule has 0 aromatic rings. The van der Waals surface area contributed by atoms with E-state index in [-0.39, 0.29) is 11.8 Å². The summed E-state index contributed by atoms with van der Waals surface area (Å²) in [5.74, 6) is -1.35. The standard InChI is InChI=1S/C16H30O4S/c1-4-6-8-16(3,9-7-5-2)10-11-21-13(15(19)20)12-14(17)18/h13H,4-12H2,1-3H3,(H,17,18)(H,19,20). The fourth-order valence-electron chi connectivity index (χ4n) is 2.41. The third kappa shape index (κ3) is 9.77. The summed E-state index contributed by atoms with van der Waals surface area (Å²) >= 11 is 1.27. The molecule has 0 saturated heterocycles. The van der Waals surface area contributed by atoms with Gasteiger partial charge in [0.15, 0.2) is 0 Å². The van der Waals surface area contributed by atoms with Crippen molar-refractivity contribution < 1.29 is 19.8 Å². The summed E-state index contributed by atoms with van der Waals surface area (Å²) in [7, 11) is 0. The minimum absolute atomic E-state index is 0.255. The van der Waals surface area contributed by atoms with Crippen LogP contribution in [0.4, 0.5) is 0 Å². The summed E-state index contributed by atoms with van der Waals surface area (Å²) < 4.78 is 0. The molecular formula is C16H30O4S. The van der Waals surface area contributed by atoms with Crippen LogP contribution in [0, 0.1) is 5.41 Å². The molecule has 1 atom stereocenters. The Hall–Kier alpha value is -0.710. The van der Waals surface area contributed by atoms with Crippen molar-refractivity contribution in [1.82, 2.24) is 0 Å². The van der Waals surface area contributed by atoms with Crippen molar-refractivity contribution in [2.75, 3.05) is 5.75 Å². The molecule has 0 saturated carbocycles. The van der Waals surface area contributed by atoms with Crippen molar-refractivity contribution in [3.8, 4) is 0 Å². The molecule has 0 heterocycles. The van der Waals surface area contributed by atoms with Gasteiger partial charge in [0.1, 0.15) is 5.25 Å². The first-order chi connectivity index (χ1) is 9.84. The number of carboxylic acid groups (broad SMARTS) is 2. The van der Waals surface area contributed by atoms with Gasteiger partial charge in [0, 0.05) is 0 Å². The molecular weight excluding hydrogens is 288 g/mol. The lowest BCUT2D eigenvalue weighted by atomic mass is 9.78. The van der Waals surface area contributed by atoms with Crippen LogP contribution in [-0.2, 0) is 9.59 Å². The molecule has 2 N–H and O–H groups in total. The van der Waals surface area contributed by atoms with E-state index in [0.717, 1.165) is 6.42 Å². The smallest absolute Gasteiger partial charge is 0.317 e. The van der Waals surface area contributed by atoms with E-state index in [2.05, 4.69) is 20.8 Å². The normalized spacial score (nSPS) is 13.1. The highest BCUT2D eigenvalue weighted by molar-refractivity contribution is 8.00. The maximum atomic E-state index is 11.1. The SMILES string of the molecule is CCCCC(C)(CCCC)CCSC(CC(=O)O)C(=O)O. The molecule has 0 fully saturated rings. The van der Waals surface area contributed by atoms with Gasteiger partial charge in [-0.05, 0) is 30.4 Å². The molecule has 0 aliphatic rings. The highest BCUT2D eigenvalue weighted by atomic mass is 32.2. The third-order valence-corrected chi connectivity index (χ3v) is 5.14. The second-order valence-electron chi connectivity index (χ2n) is 6.06. The largest absolute Gasteiger partial charge is 0.481 e. The number of carboxylic acids is 2. The Morgan fingerprint density at radius 3 is 1.95 bits per heavy atom. The molecule has 21 heavy (non-hydrogen) atoms. The van der Waals surface area contributed by atoms with Gasteiger partial charge in [0.2, 0.25) is 0 Å². The molecule has 0 aromatic carbocycles. The van der Waals surface area contributed by atoms with Crippen LogP contribution >= 0.6 is 11.8 Å². The maximum Gasteiger partial charge on any atom is 0.317 e. The van der Waals surface area contributed by atoms with Crippen LogP contribution < -0.4 is 0 Å². The van der Waals surface area contributed by atoms with Crippen LogP contribution in [0.15, 0.2) is 0 Å². The van der Waals surface area contributed by atoms with E-state index in [1.54, 1.807) is 0 Å². The van der Waals surface area contributed by atoms with E-state index in [1.807, 2.05) is 0 Å². The fraction of sp³-hybridized carbons (Fsp3) is 0.875. The van der Waals surface area contributed by atoms with Gasteiger partial charge >= 0.3 is 11.9 Å². The van der Waals surface area contributed by atoms with Crippen molar-refractivity contribution in [3.63, 3.8) is 0 Å². The Bertz CT molecular complexity index is 309. The highest BCUT2D eigenvalue weighted by Gasteiger charge is 2.26. The topological polar surface area (TPSA) is 74.6 Å². The van der Waals surface area contributed by atoms with E-state index in [1.165, 1.54) is 50.3 Å². The predicted molar refractivity (Wildman–Crippen MR) is 87.9 cm³/mol. The quantitative estimate of drug-likeness (QED) is 0.525.